The summed E-state index contributed by atoms with van der Waals surface area (Å²) in [7, 11) is 3.76. The van der Waals surface area contributed by atoms with Crippen molar-refractivity contribution < 1.29 is 19.1 Å². The molecule has 0 bridgehead atoms. The fourth-order valence-corrected chi connectivity index (χ4v) is 2.96. The van der Waals surface area contributed by atoms with Gasteiger partial charge in [-0.15, -0.1) is 11.6 Å². The third-order valence-electron chi connectivity index (χ3n) is 3.80. The standard InChI is InChI=1S/C13H21ClN2O4/c1-15(2)7-8-19-11(17)16-9-13(20-12(16)18)6-4-3-5-10(13)14/h10H,3-9H2,1-2H3/t10-,13?/m1/s1. The van der Waals surface area contributed by atoms with E-state index in [1.807, 2.05) is 19.0 Å². The molecule has 20 heavy (non-hydrogen) atoms. The Morgan fingerprint density at radius 2 is 2.30 bits per heavy atom. The fraction of sp³-hybridized carbons (Fsp3) is 0.846. The van der Waals surface area contributed by atoms with E-state index in [1.54, 1.807) is 0 Å². The first-order chi connectivity index (χ1) is 9.44. The van der Waals surface area contributed by atoms with Crippen LogP contribution in [-0.4, -0.2) is 66.8 Å². The monoisotopic (exact) mass is 304 g/mol. The number of hydrogen-bond donors (Lipinski definition) is 0. The molecular formula is C13H21ClN2O4. The first-order valence-corrected chi connectivity index (χ1v) is 7.34. The molecule has 6 nitrogen and oxygen atoms in total. The molecule has 114 valence electrons. The Morgan fingerprint density at radius 3 is 2.95 bits per heavy atom. The van der Waals surface area contributed by atoms with Crippen molar-refractivity contribution >= 4 is 23.8 Å². The Hall–Kier alpha value is -1.01. The number of rotatable bonds is 3. The molecule has 7 heteroatoms. The van der Waals surface area contributed by atoms with Gasteiger partial charge >= 0.3 is 12.2 Å². The van der Waals surface area contributed by atoms with Gasteiger partial charge in [-0.3, -0.25) is 0 Å². The third kappa shape index (κ3) is 3.17. The molecule has 1 unspecified atom stereocenters. The molecule has 1 saturated carbocycles. The smallest absolute Gasteiger partial charge is 0.420 e. The van der Waals surface area contributed by atoms with E-state index < -0.39 is 17.8 Å². The summed E-state index contributed by atoms with van der Waals surface area (Å²) >= 11 is 6.30. The maximum atomic E-state index is 11.9. The van der Waals surface area contributed by atoms with Crippen molar-refractivity contribution in [2.24, 2.45) is 0 Å². The highest BCUT2D eigenvalue weighted by Crippen LogP contribution is 2.40. The second kappa shape index (κ2) is 6.18. The maximum Gasteiger partial charge on any atom is 0.420 e. The van der Waals surface area contributed by atoms with Gasteiger partial charge in [-0.2, -0.15) is 0 Å². The van der Waals surface area contributed by atoms with Crippen molar-refractivity contribution in [1.82, 2.24) is 9.80 Å². The lowest BCUT2D eigenvalue weighted by atomic mass is 9.84. The van der Waals surface area contributed by atoms with E-state index in [-0.39, 0.29) is 18.5 Å². The maximum absolute atomic E-state index is 11.9. The van der Waals surface area contributed by atoms with Crippen molar-refractivity contribution in [2.45, 2.75) is 36.7 Å². The highest BCUT2D eigenvalue weighted by Gasteiger charge is 2.53. The number of halogens is 1. The average molecular weight is 305 g/mol. The van der Waals surface area contributed by atoms with Gasteiger partial charge in [0.1, 0.15) is 12.2 Å². The van der Waals surface area contributed by atoms with Crippen molar-refractivity contribution in [3.63, 3.8) is 0 Å². The number of carbonyl (C=O) groups excluding carboxylic acids is 2. The number of imide groups is 1. The fourth-order valence-electron chi connectivity index (χ4n) is 2.59. The van der Waals surface area contributed by atoms with Crippen LogP contribution in [0.4, 0.5) is 9.59 Å². The van der Waals surface area contributed by atoms with Crippen molar-refractivity contribution in [3.8, 4) is 0 Å². The topological polar surface area (TPSA) is 59.1 Å². The van der Waals surface area contributed by atoms with E-state index in [9.17, 15) is 9.59 Å². The molecule has 1 aliphatic carbocycles. The van der Waals surface area contributed by atoms with Gasteiger partial charge in [0.05, 0.1) is 11.9 Å². The van der Waals surface area contributed by atoms with Gasteiger partial charge in [0.2, 0.25) is 0 Å². The zero-order valence-corrected chi connectivity index (χ0v) is 12.7. The van der Waals surface area contributed by atoms with Crippen LogP contribution in [0.15, 0.2) is 0 Å². The van der Waals surface area contributed by atoms with E-state index in [0.29, 0.717) is 13.0 Å². The van der Waals surface area contributed by atoms with Crippen LogP contribution in [0, 0.1) is 0 Å². The molecule has 0 radical (unpaired) electrons. The molecular weight excluding hydrogens is 284 g/mol. The minimum Gasteiger partial charge on any atom is -0.448 e. The van der Waals surface area contributed by atoms with Gasteiger partial charge in [0.25, 0.3) is 0 Å². The number of hydrogen-bond acceptors (Lipinski definition) is 5. The van der Waals surface area contributed by atoms with Crippen LogP contribution in [0.5, 0.6) is 0 Å². The van der Waals surface area contributed by atoms with Crippen LogP contribution in [-0.2, 0) is 9.47 Å². The van der Waals surface area contributed by atoms with Gasteiger partial charge in [-0.05, 0) is 33.4 Å². The number of carbonyl (C=O) groups is 2. The molecule has 2 rings (SSSR count). The number of alkyl halides is 1. The Kier molecular flexibility index (Phi) is 4.75. The molecule has 0 aromatic rings. The van der Waals surface area contributed by atoms with Crippen LogP contribution < -0.4 is 0 Å². The van der Waals surface area contributed by atoms with Gasteiger partial charge in [-0.1, -0.05) is 6.42 Å². The third-order valence-corrected chi connectivity index (χ3v) is 4.42. The zero-order valence-electron chi connectivity index (χ0n) is 11.9. The number of amides is 2. The molecule has 1 saturated heterocycles. The van der Waals surface area contributed by atoms with E-state index in [4.69, 9.17) is 21.1 Å². The summed E-state index contributed by atoms with van der Waals surface area (Å²) in [5.74, 6) is 0. The van der Waals surface area contributed by atoms with Crippen LogP contribution in [0.25, 0.3) is 0 Å². The largest absolute Gasteiger partial charge is 0.448 e. The molecule has 2 fully saturated rings. The summed E-state index contributed by atoms with van der Waals surface area (Å²) in [5.41, 5.74) is -0.725. The molecule has 1 spiro atoms. The van der Waals surface area contributed by atoms with E-state index in [2.05, 4.69) is 0 Å². The van der Waals surface area contributed by atoms with Crippen LogP contribution in [0.2, 0.25) is 0 Å². The molecule has 2 amide bonds. The lowest BCUT2D eigenvalue weighted by Gasteiger charge is -2.35. The molecule has 2 aliphatic rings. The second-order valence-corrected chi connectivity index (χ2v) is 6.18. The van der Waals surface area contributed by atoms with Crippen molar-refractivity contribution in [2.75, 3.05) is 33.8 Å². The first kappa shape index (κ1) is 15.4. The zero-order chi connectivity index (χ0) is 14.8. The van der Waals surface area contributed by atoms with Crippen molar-refractivity contribution in [3.05, 3.63) is 0 Å². The Morgan fingerprint density at radius 1 is 1.55 bits per heavy atom. The lowest BCUT2D eigenvalue weighted by Crippen LogP contribution is -2.46. The number of ether oxygens (including phenoxy) is 2. The average Bonchev–Trinajstić information content (AvgIpc) is 2.71. The van der Waals surface area contributed by atoms with Crippen LogP contribution in [0.1, 0.15) is 25.7 Å². The Bertz CT molecular complexity index is 391. The van der Waals surface area contributed by atoms with E-state index in [1.165, 1.54) is 0 Å². The van der Waals surface area contributed by atoms with E-state index >= 15 is 0 Å². The molecule has 0 aromatic carbocycles. The highest BCUT2D eigenvalue weighted by molar-refractivity contribution is 6.21. The summed E-state index contributed by atoms with van der Waals surface area (Å²) in [6.07, 6.45) is 2.20. The summed E-state index contributed by atoms with van der Waals surface area (Å²) in [4.78, 5) is 26.7. The highest BCUT2D eigenvalue weighted by atomic mass is 35.5. The SMILES string of the molecule is CN(C)CCOC(=O)N1CC2(CCCC[C@H]2Cl)OC1=O. The molecule has 1 aliphatic heterocycles. The van der Waals surface area contributed by atoms with Gasteiger partial charge in [0, 0.05) is 6.54 Å². The predicted molar refractivity (Wildman–Crippen MR) is 73.9 cm³/mol. The predicted octanol–water partition coefficient (Wildman–Crippen LogP) is 2.06. The summed E-state index contributed by atoms with van der Waals surface area (Å²) in [6.45, 7) is 1.05. The quantitative estimate of drug-likeness (QED) is 0.747. The molecule has 0 N–H and O–H groups in total. The van der Waals surface area contributed by atoms with Gasteiger partial charge in [0.15, 0.2) is 0 Å². The number of nitrogens with zero attached hydrogens (tertiary/aromatic N) is 2. The van der Waals surface area contributed by atoms with E-state index in [0.717, 1.165) is 24.2 Å². The van der Waals surface area contributed by atoms with Gasteiger partial charge in [-0.25, -0.2) is 14.5 Å². The summed E-state index contributed by atoms with van der Waals surface area (Å²) < 4.78 is 10.5. The molecule has 2 atom stereocenters. The summed E-state index contributed by atoms with van der Waals surface area (Å²) in [5, 5.41) is -0.236. The van der Waals surface area contributed by atoms with Crippen molar-refractivity contribution in [1.29, 1.82) is 0 Å². The minimum atomic E-state index is -0.725. The first-order valence-electron chi connectivity index (χ1n) is 6.91. The Balaban J connectivity index is 1.93. The second-order valence-electron chi connectivity index (χ2n) is 5.65. The number of likely N-dealkylation sites (N-methyl/N-ethyl adjacent to an activating group) is 1. The van der Waals surface area contributed by atoms with Crippen LogP contribution in [0.3, 0.4) is 0 Å². The normalized spacial score (nSPS) is 29.9. The summed E-state index contributed by atoms with van der Waals surface area (Å²) in [6, 6.07) is 0. The minimum absolute atomic E-state index is 0.195. The Labute approximate surface area is 123 Å². The van der Waals surface area contributed by atoms with Gasteiger partial charge < -0.3 is 14.4 Å². The lowest BCUT2D eigenvalue weighted by molar-refractivity contribution is 0.0296. The molecule has 0 aromatic heterocycles. The van der Waals surface area contributed by atoms with Crippen LogP contribution >= 0.6 is 11.6 Å². The molecule has 1 heterocycles.